The summed E-state index contributed by atoms with van der Waals surface area (Å²) in [4.78, 5) is 31.9. The number of likely N-dealkylation sites (tertiary alicyclic amines) is 1. The molecule has 49 heavy (non-hydrogen) atoms. The van der Waals surface area contributed by atoms with Crippen molar-refractivity contribution in [3.63, 3.8) is 0 Å². The van der Waals surface area contributed by atoms with Gasteiger partial charge in [0.05, 0.1) is 12.1 Å². The van der Waals surface area contributed by atoms with Gasteiger partial charge in [-0.05, 0) is 108 Å². The van der Waals surface area contributed by atoms with Gasteiger partial charge in [-0.25, -0.2) is 4.79 Å². The van der Waals surface area contributed by atoms with Crippen LogP contribution in [0.1, 0.15) is 112 Å². The fourth-order valence-corrected chi connectivity index (χ4v) is 6.26. The van der Waals surface area contributed by atoms with E-state index in [4.69, 9.17) is 15.6 Å². The number of hydrogen-bond acceptors (Lipinski definition) is 7. The minimum atomic E-state index is -4.62. The second-order valence-electron chi connectivity index (χ2n) is 14.5. The van der Waals surface area contributed by atoms with E-state index in [1.165, 1.54) is 36.6 Å². The van der Waals surface area contributed by atoms with Crippen LogP contribution >= 0.6 is 11.9 Å². The highest BCUT2D eigenvalue weighted by atomic mass is 32.2. The van der Waals surface area contributed by atoms with E-state index >= 15 is 0 Å². The van der Waals surface area contributed by atoms with Crippen LogP contribution in [0.2, 0.25) is 0 Å². The van der Waals surface area contributed by atoms with E-state index in [0.29, 0.717) is 43.0 Å². The van der Waals surface area contributed by atoms with Gasteiger partial charge in [0.1, 0.15) is 5.60 Å². The number of amides is 2. The predicted molar refractivity (Wildman–Crippen MR) is 191 cm³/mol. The maximum Gasteiger partial charge on any atom is 0.416 e. The molecule has 0 bridgehead atoms. The zero-order valence-corrected chi connectivity index (χ0v) is 30.5. The average molecular weight is 704 g/mol. The Morgan fingerprint density at radius 1 is 1.12 bits per heavy atom. The van der Waals surface area contributed by atoms with Crippen molar-refractivity contribution in [2.75, 3.05) is 31.6 Å². The quantitative estimate of drug-likeness (QED) is 0.253. The summed E-state index contributed by atoms with van der Waals surface area (Å²) in [6, 6.07) is 9.55. The number of allylic oxidation sites excluding steroid dienone is 2. The Morgan fingerprint density at radius 3 is 2.39 bits per heavy atom. The summed E-state index contributed by atoms with van der Waals surface area (Å²) < 4.78 is 48.7. The molecule has 8 nitrogen and oxygen atoms in total. The molecule has 2 unspecified atom stereocenters. The number of nitrogens with two attached hydrogens (primary N) is 2. The third-order valence-electron chi connectivity index (χ3n) is 9.59. The lowest BCUT2D eigenvalue weighted by molar-refractivity contribution is -0.138. The van der Waals surface area contributed by atoms with Gasteiger partial charge in [0.2, 0.25) is 0 Å². The van der Waals surface area contributed by atoms with Crippen molar-refractivity contribution in [3.8, 4) is 0 Å². The first kappa shape index (κ1) is 38.6. The van der Waals surface area contributed by atoms with Crippen molar-refractivity contribution in [3.05, 3.63) is 74.8 Å². The van der Waals surface area contributed by atoms with Gasteiger partial charge in [0.15, 0.2) is 0 Å². The van der Waals surface area contributed by atoms with Crippen LogP contribution in [0.3, 0.4) is 0 Å². The van der Waals surface area contributed by atoms with E-state index in [1.807, 2.05) is 52.6 Å². The predicted octanol–water partition coefficient (Wildman–Crippen LogP) is 8.41. The Balaban J connectivity index is 0.00000126. The largest absolute Gasteiger partial charge is 0.444 e. The molecule has 2 amide bonds. The number of rotatable bonds is 9. The maximum absolute atomic E-state index is 14.4. The summed E-state index contributed by atoms with van der Waals surface area (Å²) in [5.41, 5.74) is 7.21. The number of halogens is 3. The highest BCUT2D eigenvalue weighted by Crippen LogP contribution is 2.41. The Labute approximate surface area is 293 Å². The summed E-state index contributed by atoms with van der Waals surface area (Å²) in [5, 5.41) is 5.61. The van der Waals surface area contributed by atoms with Gasteiger partial charge >= 0.3 is 12.3 Å². The molecule has 2 fully saturated rings. The fraction of sp³-hybridized carbons (Fsp3) is 0.568. The van der Waals surface area contributed by atoms with Crippen molar-refractivity contribution in [1.82, 2.24) is 9.80 Å². The van der Waals surface area contributed by atoms with E-state index in [-0.39, 0.29) is 35.7 Å². The number of nitrogens with zero attached hydrogens (tertiary/aromatic N) is 3. The SMILES string of the molecule is C/C(SN)=C(/N)Cc1cccc(N2Cc3c(cc(C(C)N(C)CCC4CCN(C(=O)OC(C)(C)C)C4)cc3C(F)(F)F)C2=O)c1.C1CCC1. The summed E-state index contributed by atoms with van der Waals surface area (Å²) >= 11 is 1.06. The van der Waals surface area contributed by atoms with E-state index in [0.717, 1.165) is 35.3 Å². The standard InChI is InChI=1S/C33H44F3N5O3S.C4H8/c1-20(39(6)12-10-22-11-13-40(18-22)31(43)44-32(3,4)5)24-16-26-27(28(17-24)33(34,35)36)19-41(30(26)42)25-9-7-8-23(14-25)15-29(37)21(2)45-38;1-2-4-3-1/h7-9,14,16-17,20,22H,10-13,15,18-19,37-38H2,1-6H3;1-4H2/b29-21-;. The van der Waals surface area contributed by atoms with Crippen LogP contribution in [0.5, 0.6) is 0 Å². The molecule has 2 aromatic carbocycles. The summed E-state index contributed by atoms with van der Waals surface area (Å²) in [6.45, 7) is 10.8. The molecule has 3 aliphatic rings. The molecule has 12 heteroatoms. The van der Waals surface area contributed by atoms with E-state index in [2.05, 4.69) is 0 Å². The Bertz CT molecular complexity index is 1520. The fourth-order valence-electron chi connectivity index (χ4n) is 6.03. The second kappa shape index (κ2) is 16.2. The molecule has 2 atom stereocenters. The van der Waals surface area contributed by atoms with E-state index in [1.54, 1.807) is 29.2 Å². The zero-order chi connectivity index (χ0) is 36.1. The van der Waals surface area contributed by atoms with Crippen LogP contribution in [0, 0.1) is 5.92 Å². The first-order chi connectivity index (χ1) is 23.0. The molecule has 2 heterocycles. The highest BCUT2D eigenvalue weighted by molar-refractivity contribution is 8.00. The van der Waals surface area contributed by atoms with Crippen molar-refractivity contribution >= 4 is 29.6 Å². The van der Waals surface area contributed by atoms with Crippen molar-refractivity contribution in [2.24, 2.45) is 16.8 Å². The monoisotopic (exact) mass is 703 g/mol. The molecule has 0 aromatic heterocycles. The Kier molecular flexibility index (Phi) is 12.8. The van der Waals surface area contributed by atoms with Crippen LogP contribution in [0.4, 0.5) is 23.7 Å². The van der Waals surface area contributed by atoms with Gasteiger partial charge in [0.25, 0.3) is 5.91 Å². The number of fused-ring (bicyclic) bond motifs is 1. The topological polar surface area (TPSA) is 105 Å². The number of alkyl halides is 3. The number of ether oxygens (including phenoxy) is 1. The molecule has 2 aromatic rings. The number of anilines is 1. The normalized spacial score (nSPS) is 18.8. The minimum Gasteiger partial charge on any atom is -0.444 e. The summed E-state index contributed by atoms with van der Waals surface area (Å²) in [7, 11) is 1.87. The number of carbonyl (C=O) groups excluding carboxylic acids is 2. The Hall–Kier alpha value is -3.22. The molecule has 2 aliphatic heterocycles. The summed E-state index contributed by atoms with van der Waals surface area (Å²) in [6.07, 6.45) is 3.08. The minimum absolute atomic E-state index is 0.0144. The molecule has 4 N–H and O–H groups in total. The van der Waals surface area contributed by atoms with Gasteiger partial charge in [-0.15, -0.1) is 0 Å². The van der Waals surface area contributed by atoms with Crippen LogP contribution in [0.15, 0.2) is 47.0 Å². The summed E-state index contributed by atoms with van der Waals surface area (Å²) in [5.74, 6) is -0.192. The first-order valence-electron chi connectivity index (χ1n) is 17.1. The van der Waals surface area contributed by atoms with Crippen LogP contribution in [0.25, 0.3) is 0 Å². The lowest BCUT2D eigenvalue weighted by atomic mass is 9.95. The van der Waals surface area contributed by atoms with Gasteiger partial charge in [-0.2, -0.15) is 13.2 Å². The molecule has 1 saturated heterocycles. The number of hydrogen-bond donors (Lipinski definition) is 2. The molecule has 1 saturated carbocycles. The van der Waals surface area contributed by atoms with Crippen LogP contribution in [-0.4, -0.2) is 54.1 Å². The van der Waals surface area contributed by atoms with Gasteiger partial charge in [-0.1, -0.05) is 49.8 Å². The lowest BCUT2D eigenvalue weighted by Crippen LogP contribution is -2.35. The molecule has 1 aliphatic carbocycles. The number of carbonyl (C=O) groups is 2. The van der Waals surface area contributed by atoms with E-state index < -0.39 is 23.2 Å². The molecule has 0 spiro atoms. The smallest absolute Gasteiger partial charge is 0.416 e. The molecular formula is C37H52F3N5O3S. The third-order valence-corrected chi connectivity index (χ3v) is 10.2. The molecule has 270 valence electrons. The maximum atomic E-state index is 14.4. The zero-order valence-electron chi connectivity index (χ0n) is 29.7. The van der Waals surface area contributed by atoms with Gasteiger partial charge in [0, 0.05) is 47.4 Å². The number of benzene rings is 2. The second-order valence-corrected chi connectivity index (χ2v) is 15.3. The van der Waals surface area contributed by atoms with Crippen molar-refractivity contribution in [2.45, 2.75) is 104 Å². The lowest BCUT2D eigenvalue weighted by Gasteiger charge is -2.27. The van der Waals surface area contributed by atoms with Gasteiger partial charge in [-0.3, -0.25) is 14.8 Å². The van der Waals surface area contributed by atoms with E-state index in [9.17, 15) is 22.8 Å². The first-order valence-corrected chi connectivity index (χ1v) is 18.0. The van der Waals surface area contributed by atoms with Crippen molar-refractivity contribution < 1.29 is 27.5 Å². The molecular weight excluding hydrogens is 652 g/mol. The Morgan fingerprint density at radius 2 is 1.80 bits per heavy atom. The third kappa shape index (κ3) is 10.2. The van der Waals surface area contributed by atoms with Gasteiger partial charge < -0.3 is 20.3 Å². The van der Waals surface area contributed by atoms with Crippen LogP contribution in [-0.2, 0) is 23.9 Å². The van der Waals surface area contributed by atoms with Crippen LogP contribution < -0.4 is 15.8 Å². The van der Waals surface area contributed by atoms with Crippen molar-refractivity contribution in [1.29, 1.82) is 0 Å². The highest BCUT2D eigenvalue weighted by Gasteiger charge is 2.41. The molecule has 0 radical (unpaired) electrons. The molecule has 5 rings (SSSR count). The average Bonchev–Trinajstić information content (AvgIpc) is 3.61.